The molecule has 6 nitrogen and oxygen atoms in total. The number of nitrogens with one attached hydrogen (secondary N) is 1. The largest absolute Gasteiger partial charge is 0.295 e. The Morgan fingerprint density at radius 1 is 1.04 bits per heavy atom. The first-order chi connectivity index (χ1) is 12.7. The molecule has 0 saturated carbocycles. The average Bonchev–Trinajstić information content (AvgIpc) is 3.10. The van der Waals surface area contributed by atoms with Crippen LogP contribution in [0.4, 0.5) is 0 Å². The van der Waals surface area contributed by atoms with E-state index in [0.29, 0.717) is 5.65 Å². The van der Waals surface area contributed by atoms with Crippen molar-refractivity contribution in [2.24, 2.45) is 0 Å². The van der Waals surface area contributed by atoms with E-state index in [1.165, 1.54) is 6.20 Å². The molecule has 0 spiro atoms. The van der Waals surface area contributed by atoms with Crippen LogP contribution in [0.25, 0.3) is 28.0 Å². The molecule has 2 N–H and O–H groups in total. The second kappa shape index (κ2) is 6.42. The van der Waals surface area contributed by atoms with E-state index in [9.17, 15) is 4.79 Å². The predicted octanol–water partition coefficient (Wildman–Crippen LogP) is 3.49. The minimum atomic E-state index is -0.608. The van der Waals surface area contributed by atoms with Gasteiger partial charge in [0.15, 0.2) is 0 Å². The molecule has 3 aromatic heterocycles. The number of pyridine rings is 2. The molecule has 0 bridgehead atoms. The molecular formula is C20H16N4O2. The molecule has 0 atom stereocenters. The molecule has 0 aliphatic rings. The molecule has 26 heavy (non-hydrogen) atoms. The molecule has 6 heteroatoms. The SMILES string of the molecule is Cc1cccc(-c2ccccc2-c2ccc3ncc(C(=O)NO)n3c2)n1. The van der Waals surface area contributed by atoms with Gasteiger partial charge >= 0.3 is 0 Å². The number of rotatable bonds is 3. The normalized spacial score (nSPS) is 10.8. The number of hydrogen-bond donors (Lipinski definition) is 2. The zero-order valence-electron chi connectivity index (χ0n) is 14.0. The van der Waals surface area contributed by atoms with E-state index in [1.807, 2.05) is 67.7 Å². The van der Waals surface area contributed by atoms with Crippen molar-refractivity contribution in [2.45, 2.75) is 6.92 Å². The van der Waals surface area contributed by atoms with E-state index in [0.717, 1.165) is 28.1 Å². The van der Waals surface area contributed by atoms with E-state index in [-0.39, 0.29) is 5.69 Å². The van der Waals surface area contributed by atoms with Gasteiger partial charge in [-0.05, 0) is 42.3 Å². The maximum Gasteiger partial charge on any atom is 0.293 e. The van der Waals surface area contributed by atoms with Crippen LogP contribution in [-0.2, 0) is 0 Å². The van der Waals surface area contributed by atoms with E-state index < -0.39 is 5.91 Å². The van der Waals surface area contributed by atoms with Crippen molar-refractivity contribution in [1.29, 1.82) is 0 Å². The van der Waals surface area contributed by atoms with Gasteiger partial charge in [0, 0.05) is 17.5 Å². The van der Waals surface area contributed by atoms with E-state index >= 15 is 0 Å². The molecule has 4 aromatic rings. The monoisotopic (exact) mass is 344 g/mol. The van der Waals surface area contributed by atoms with Crippen LogP contribution < -0.4 is 5.48 Å². The highest BCUT2D eigenvalue weighted by Gasteiger charge is 2.14. The number of carbonyl (C=O) groups excluding carboxylic acids is 1. The van der Waals surface area contributed by atoms with Gasteiger partial charge in [-0.1, -0.05) is 30.3 Å². The fraction of sp³-hybridized carbons (Fsp3) is 0.0500. The fourth-order valence-electron chi connectivity index (χ4n) is 3.02. The Hall–Kier alpha value is -3.51. The van der Waals surface area contributed by atoms with Crippen molar-refractivity contribution in [3.63, 3.8) is 0 Å². The maximum absolute atomic E-state index is 11.8. The van der Waals surface area contributed by atoms with Gasteiger partial charge in [0.2, 0.25) is 0 Å². The van der Waals surface area contributed by atoms with E-state index in [4.69, 9.17) is 5.21 Å². The van der Waals surface area contributed by atoms with Crippen LogP contribution in [0.3, 0.4) is 0 Å². The third kappa shape index (κ3) is 2.72. The van der Waals surface area contributed by atoms with Gasteiger partial charge in [-0.25, -0.2) is 10.5 Å². The fourth-order valence-corrected chi connectivity index (χ4v) is 3.02. The molecule has 1 amide bonds. The molecule has 128 valence electrons. The highest BCUT2D eigenvalue weighted by atomic mass is 16.5. The smallest absolute Gasteiger partial charge is 0.293 e. The standard InChI is InChI=1S/C20H16N4O2/c1-13-5-4-8-17(22-13)16-7-3-2-6-15(16)14-9-10-19-21-11-18(20(25)23-26)24(19)12-14/h2-12,26H,1H3,(H,23,25). The van der Waals surface area contributed by atoms with Crippen molar-refractivity contribution in [2.75, 3.05) is 0 Å². The number of aromatic nitrogens is 3. The molecule has 0 fully saturated rings. The summed E-state index contributed by atoms with van der Waals surface area (Å²) in [5, 5.41) is 8.92. The molecule has 4 rings (SSSR count). The first-order valence-corrected chi connectivity index (χ1v) is 8.12. The zero-order valence-corrected chi connectivity index (χ0v) is 14.0. The Bertz CT molecular complexity index is 1120. The van der Waals surface area contributed by atoms with Gasteiger partial charge in [-0.15, -0.1) is 0 Å². The number of nitrogens with zero attached hydrogens (tertiary/aromatic N) is 3. The highest BCUT2D eigenvalue weighted by molar-refractivity contribution is 5.92. The van der Waals surface area contributed by atoms with Crippen LogP contribution in [0.2, 0.25) is 0 Å². The first-order valence-electron chi connectivity index (χ1n) is 8.12. The number of fused-ring (bicyclic) bond motifs is 1. The summed E-state index contributed by atoms with van der Waals surface area (Å²) in [4.78, 5) is 20.6. The van der Waals surface area contributed by atoms with Crippen molar-refractivity contribution >= 4 is 11.6 Å². The summed E-state index contributed by atoms with van der Waals surface area (Å²) < 4.78 is 1.65. The first kappa shape index (κ1) is 16.0. The van der Waals surface area contributed by atoms with Gasteiger partial charge in [0.1, 0.15) is 11.3 Å². The number of benzene rings is 1. The molecule has 0 aliphatic heterocycles. The highest BCUT2D eigenvalue weighted by Crippen LogP contribution is 2.31. The number of carbonyl (C=O) groups is 1. The minimum Gasteiger partial charge on any atom is -0.295 e. The Morgan fingerprint density at radius 2 is 1.85 bits per heavy atom. The summed E-state index contributed by atoms with van der Waals surface area (Å²) in [7, 11) is 0. The number of amides is 1. The number of aryl methyl sites for hydroxylation is 1. The summed E-state index contributed by atoms with van der Waals surface area (Å²) in [6.45, 7) is 1.96. The molecule has 0 aliphatic carbocycles. The number of hydroxylamine groups is 1. The average molecular weight is 344 g/mol. The van der Waals surface area contributed by atoms with Gasteiger partial charge in [0.05, 0.1) is 11.9 Å². The van der Waals surface area contributed by atoms with Gasteiger partial charge in [-0.2, -0.15) is 0 Å². The van der Waals surface area contributed by atoms with Crippen molar-refractivity contribution in [1.82, 2.24) is 19.8 Å². The van der Waals surface area contributed by atoms with Crippen LogP contribution in [0, 0.1) is 6.92 Å². The second-order valence-electron chi connectivity index (χ2n) is 5.94. The zero-order chi connectivity index (χ0) is 18.1. The quantitative estimate of drug-likeness (QED) is 0.440. The lowest BCUT2D eigenvalue weighted by molar-refractivity contribution is 0.0699. The third-order valence-electron chi connectivity index (χ3n) is 4.24. The van der Waals surface area contributed by atoms with Crippen LogP contribution in [0.5, 0.6) is 0 Å². The molecular weight excluding hydrogens is 328 g/mol. The van der Waals surface area contributed by atoms with Crippen molar-refractivity contribution in [3.05, 3.63) is 78.4 Å². The lowest BCUT2D eigenvalue weighted by atomic mass is 9.98. The van der Waals surface area contributed by atoms with Crippen LogP contribution in [-0.4, -0.2) is 25.5 Å². The van der Waals surface area contributed by atoms with Crippen molar-refractivity contribution < 1.29 is 10.0 Å². The van der Waals surface area contributed by atoms with Crippen LogP contribution in [0.1, 0.15) is 16.2 Å². The molecule has 1 aromatic carbocycles. The minimum absolute atomic E-state index is 0.260. The van der Waals surface area contributed by atoms with Crippen LogP contribution in [0.15, 0.2) is 67.0 Å². The van der Waals surface area contributed by atoms with Gasteiger partial charge in [-0.3, -0.25) is 19.4 Å². The molecule has 3 heterocycles. The summed E-state index contributed by atoms with van der Waals surface area (Å²) in [6.07, 6.45) is 3.26. The summed E-state index contributed by atoms with van der Waals surface area (Å²) in [6, 6.07) is 17.7. The summed E-state index contributed by atoms with van der Waals surface area (Å²) in [5.74, 6) is -0.608. The Kier molecular flexibility index (Phi) is 3.95. The van der Waals surface area contributed by atoms with Crippen LogP contribution >= 0.6 is 0 Å². The number of imidazole rings is 1. The Labute approximate surface area is 149 Å². The lowest BCUT2D eigenvalue weighted by Gasteiger charge is -2.11. The lowest BCUT2D eigenvalue weighted by Crippen LogP contribution is -2.20. The van der Waals surface area contributed by atoms with E-state index in [2.05, 4.69) is 9.97 Å². The van der Waals surface area contributed by atoms with Gasteiger partial charge < -0.3 is 0 Å². The summed E-state index contributed by atoms with van der Waals surface area (Å²) in [5.41, 5.74) is 7.29. The Balaban J connectivity index is 1.90. The van der Waals surface area contributed by atoms with Gasteiger partial charge in [0.25, 0.3) is 5.91 Å². The predicted molar refractivity (Wildman–Crippen MR) is 97.8 cm³/mol. The van der Waals surface area contributed by atoms with Crippen molar-refractivity contribution in [3.8, 4) is 22.4 Å². The summed E-state index contributed by atoms with van der Waals surface area (Å²) >= 11 is 0. The molecule has 0 saturated heterocycles. The third-order valence-corrected chi connectivity index (χ3v) is 4.24. The second-order valence-corrected chi connectivity index (χ2v) is 5.94. The van der Waals surface area contributed by atoms with E-state index in [1.54, 1.807) is 9.88 Å². The maximum atomic E-state index is 11.8. The topological polar surface area (TPSA) is 79.5 Å². The Morgan fingerprint density at radius 3 is 2.62 bits per heavy atom. The molecule has 0 unspecified atom stereocenters. The number of hydrogen-bond acceptors (Lipinski definition) is 4. The molecule has 0 radical (unpaired) electrons.